The Balaban J connectivity index is 2.22. The molecule has 0 aromatic heterocycles. The van der Waals surface area contributed by atoms with Crippen LogP contribution in [-0.4, -0.2) is 24.2 Å². The number of nitrogens with one attached hydrogen (secondary N) is 1. The van der Waals surface area contributed by atoms with Crippen molar-refractivity contribution in [3.05, 3.63) is 35.9 Å². The van der Waals surface area contributed by atoms with E-state index in [0.29, 0.717) is 6.54 Å². The second kappa shape index (κ2) is 4.45. The Morgan fingerprint density at radius 2 is 2.07 bits per heavy atom. The molecule has 2 N–H and O–H groups in total. The molecule has 0 aliphatic carbocycles. The summed E-state index contributed by atoms with van der Waals surface area (Å²) in [6.07, 6.45) is 0.904. The summed E-state index contributed by atoms with van der Waals surface area (Å²) in [6.45, 7) is 1.48. The van der Waals surface area contributed by atoms with E-state index in [1.807, 2.05) is 30.3 Å². The monoisotopic (exact) mass is 205 g/mol. The lowest BCUT2D eigenvalue weighted by Crippen LogP contribution is -2.39. The highest BCUT2D eigenvalue weighted by Crippen LogP contribution is 2.30. The first-order chi connectivity index (χ1) is 7.29. The molecule has 2 rings (SSSR count). The van der Waals surface area contributed by atoms with Crippen molar-refractivity contribution in [2.45, 2.75) is 12.3 Å². The maximum Gasteiger partial charge on any atom is 0.308 e. The highest BCUT2D eigenvalue weighted by molar-refractivity contribution is 5.72. The Bertz CT molecular complexity index is 337. The maximum atomic E-state index is 11.1. The lowest BCUT2D eigenvalue weighted by atomic mass is 9.81. The number of carboxylic acid groups (broad SMARTS) is 1. The number of rotatable bonds is 2. The van der Waals surface area contributed by atoms with E-state index in [1.165, 1.54) is 0 Å². The smallest absolute Gasteiger partial charge is 0.308 e. The fourth-order valence-electron chi connectivity index (χ4n) is 2.22. The molecule has 15 heavy (non-hydrogen) atoms. The van der Waals surface area contributed by atoms with Gasteiger partial charge in [-0.2, -0.15) is 0 Å². The first-order valence-corrected chi connectivity index (χ1v) is 5.27. The summed E-state index contributed by atoms with van der Waals surface area (Å²) in [5, 5.41) is 12.3. The molecular formula is C12H15NO2. The van der Waals surface area contributed by atoms with E-state index in [1.54, 1.807) is 0 Å². The summed E-state index contributed by atoms with van der Waals surface area (Å²) in [5.41, 5.74) is 1.14. The summed E-state index contributed by atoms with van der Waals surface area (Å²) < 4.78 is 0. The summed E-state index contributed by atoms with van der Waals surface area (Å²) in [4.78, 5) is 11.1. The summed E-state index contributed by atoms with van der Waals surface area (Å²) in [7, 11) is 0. The minimum absolute atomic E-state index is 0.157. The lowest BCUT2D eigenvalue weighted by molar-refractivity contribution is -0.142. The van der Waals surface area contributed by atoms with Crippen molar-refractivity contribution in [3.63, 3.8) is 0 Å². The highest BCUT2D eigenvalue weighted by atomic mass is 16.4. The zero-order valence-corrected chi connectivity index (χ0v) is 8.52. The Kier molecular flexibility index (Phi) is 3.02. The van der Waals surface area contributed by atoms with E-state index in [0.717, 1.165) is 18.5 Å². The van der Waals surface area contributed by atoms with Crippen molar-refractivity contribution in [3.8, 4) is 0 Å². The van der Waals surface area contributed by atoms with Crippen molar-refractivity contribution in [1.29, 1.82) is 0 Å². The van der Waals surface area contributed by atoms with Crippen molar-refractivity contribution >= 4 is 5.97 Å². The van der Waals surface area contributed by atoms with Crippen LogP contribution >= 0.6 is 0 Å². The molecule has 1 aliphatic heterocycles. The molecular weight excluding hydrogens is 190 g/mol. The normalized spacial score (nSPS) is 26.1. The van der Waals surface area contributed by atoms with Gasteiger partial charge in [0.1, 0.15) is 0 Å². The van der Waals surface area contributed by atoms with E-state index < -0.39 is 5.97 Å². The second-order valence-electron chi connectivity index (χ2n) is 3.95. The van der Waals surface area contributed by atoms with Gasteiger partial charge in [-0.1, -0.05) is 30.3 Å². The van der Waals surface area contributed by atoms with Crippen LogP contribution in [0.3, 0.4) is 0 Å². The van der Waals surface area contributed by atoms with E-state index >= 15 is 0 Å². The molecule has 3 heteroatoms. The average molecular weight is 205 g/mol. The largest absolute Gasteiger partial charge is 0.481 e. The molecule has 1 heterocycles. The van der Waals surface area contributed by atoms with Crippen molar-refractivity contribution in [1.82, 2.24) is 5.32 Å². The molecule has 0 spiro atoms. The van der Waals surface area contributed by atoms with Crippen molar-refractivity contribution in [2.75, 3.05) is 13.1 Å². The van der Waals surface area contributed by atoms with Crippen LogP contribution in [0.2, 0.25) is 0 Å². The minimum atomic E-state index is -0.698. The van der Waals surface area contributed by atoms with E-state index in [4.69, 9.17) is 5.11 Å². The predicted molar refractivity (Wildman–Crippen MR) is 57.8 cm³/mol. The van der Waals surface area contributed by atoms with E-state index in [2.05, 4.69) is 5.32 Å². The van der Waals surface area contributed by atoms with Gasteiger partial charge in [0.05, 0.1) is 5.92 Å². The predicted octanol–water partition coefficient (Wildman–Crippen LogP) is 1.46. The number of hydrogen-bond acceptors (Lipinski definition) is 2. The molecule has 1 fully saturated rings. The van der Waals surface area contributed by atoms with Gasteiger partial charge in [-0.25, -0.2) is 0 Å². The number of benzene rings is 1. The number of hydrogen-bond donors (Lipinski definition) is 2. The molecule has 0 saturated carbocycles. The third-order valence-electron chi connectivity index (χ3n) is 3.03. The molecule has 0 radical (unpaired) electrons. The second-order valence-corrected chi connectivity index (χ2v) is 3.95. The van der Waals surface area contributed by atoms with Gasteiger partial charge in [-0.15, -0.1) is 0 Å². The van der Waals surface area contributed by atoms with E-state index in [-0.39, 0.29) is 11.8 Å². The fraction of sp³-hybridized carbons (Fsp3) is 0.417. The third kappa shape index (κ3) is 2.18. The van der Waals surface area contributed by atoms with Crippen molar-refractivity contribution < 1.29 is 9.90 Å². The van der Waals surface area contributed by atoms with Gasteiger partial charge in [0.2, 0.25) is 0 Å². The van der Waals surface area contributed by atoms with Crippen LogP contribution < -0.4 is 5.32 Å². The summed E-state index contributed by atoms with van der Waals surface area (Å²) in [6, 6.07) is 9.94. The zero-order chi connectivity index (χ0) is 10.7. The summed E-state index contributed by atoms with van der Waals surface area (Å²) in [5.74, 6) is -0.831. The minimum Gasteiger partial charge on any atom is -0.481 e. The van der Waals surface area contributed by atoms with Crippen LogP contribution in [0.25, 0.3) is 0 Å². The Hall–Kier alpha value is -1.35. The quantitative estimate of drug-likeness (QED) is 0.768. The van der Waals surface area contributed by atoms with Crippen LogP contribution in [0.4, 0.5) is 0 Å². The van der Waals surface area contributed by atoms with Crippen LogP contribution in [0, 0.1) is 5.92 Å². The number of carbonyl (C=O) groups is 1. The first kappa shape index (κ1) is 10.2. The summed E-state index contributed by atoms with van der Waals surface area (Å²) >= 11 is 0. The van der Waals surface area contributed by atoms with Gasteiger partial charge in [-0.3, -0.25) is 4.79 Å². The Morgan fingerprint density at radius 3 is 2.73 bits per heavy atom. The van der Waals surface area contributed by atoms with Gasteiger partial charge >= 0.3 is 5.97 Å². The average Bonchev–Trinajstić information content (AvgIpc) is 2.30. The Morgan fingerprint density at radius 1 is 1.33 bits per heavy atom. The zero-order valence-electron chi connectivity index (χ0n) is 8.52. The number of aliphatic carboxylic acids is 1. The molecule has 1 aliphatic rings. The van der Waals surface area contributed by atoms with Crippen LogP contribution in [-0.2, 0) is 4.79 Å². The highest BCUT2D eigenvalue weighted by Gasteiger charge is 2.31. The standard InChI is InChI=1S/C12H15NO2/c14-12(15)11-8-13-7-6-10(11)9-4-2-1-3-5-9/h1-5,10-11,13H,6-8H2,(H,14,15)/t10-,11-/m0/s1. The molecule has 1 saturated heterocycles. The van der Waals surface area contributed by atoms with Crippen LogP contribution in [0.5, 0.6) is 0 Å². The SMILES string of the molecule is O=C(O)[C@H]1CNCC[C@H]1c1ccccc1. The molecule has 0 amide bonds. The molecule has 0 unspecified atom stereocenters. The van der Waals surface area contributed by atoms with Gasteiger partial charge in [-0.05, 0) is 24.4 Å². The van der Waals surface area contributed by atoms with Gasteiger partial charge in [0.25, 0.3) is 0 Å². The lowest BCUT2D eigenvalue weighted by Gasteiger charge is -2.29. The van der Waals surface area contributed by atoms with E-state index in [9.17, 15) is 4.79 Å². The van der Waals surface area contributed by atoms with Gasteiger partial charge < -0.3 is 10.4 Å². The fourth-order valence-corrected chi connectivity index (χ4v) is 2.22. The van der Waals surface area contributed by atoms with Crippen LogP contribution in [0.15, 0.2) is 30.3 Å². The topological polar surface area (TPSA) is 49.3 Å². The number of carboxylic acids is 1. The van der Waals surface area contributed by atoms with Crippen LogP contribution in [0.1, 0.15) is 17.9 Å². The Labute approximate surface area is 89.1 Å². The first-order valence-electron chi connectivity index (χ1n) is 5.27. The molecule has 3 nitrogen and oxygen atoms in total. The molecule has 0 bridgehead atoms. The molecule has 1 aromatic rings. The number of piperidine rings is 1. The molecule has 2 atom stereocenters. The maximum absolute atomic E-state index is 11.1. The third-order valence-corrected chi connectivity index (χ3v) is 3.03. The molecule has 80 valence electrons. The van der Waals surface area contributed by atoms with Gasteiger partial charge in [0.15, 0.2) is 0 Å². The van der Waals surface area contributed by atoms with Gasteiger partial charge in [0, 0.05) is 6.54 Å². The van der Waals surface area contributed by atoms with Crippen molar-refractivity contribution in [2.24, 2.45) is 5.92 Å². The molecule has 1 aromatic carbocycles.